The van der Waals surface area contributed by atoms with Crippen molar-refractivity contribution in [2.75, 3.05) is 11.5 Å². The van der Waals surface area contributed by atoms with Crippen LogP contribution in [0.25, 0.3) is 6.08 Å². The van der Waals surface area contributed by atoms with Gasteiger partial charge in [-0.15, -0.1) is 11.8 Å². The lowest BCUT2D eigenvalue weighted by atomic mass is 10.2. The van der Waals surface area contributed by atoms with Crippen LogP contribution in [0, 0.1) is 0 Å². The molecule has 0 radical (unpaired) electrons. The maximum Gasteiger partial charge on any atom is 0.230 e. The second-order valence-corrected chi connectivity index (χ2v) is 5.08. The lowest BCUT2D eigenvalue weighted by Gasteiger charge is -2.06. The molecule has 1 rings (SSSR count). The average Bonchev–Trinajstić information content (AvgIpc) is 2.29. The van der Waals surface area contributed by atoms with Crippen molar-refractivity contribution in [2.45, 2.75) is 19.9 Å². The van der Waals surface area contributed by atoms with Crippen molar-refractivity contribution in [2.24, 2.45) is 0 Å². The number of carbonyl (C=O) groups is 1. The van der Waals surface area contributed by atoms with Crippen LogP contribution in [0.15, 0.2) is 36.4 Å². The Hall–Kier alpha value is -1.22. The zero-order chi connectivity index (χ0) is 12.5. The molecule has 0 saturated carbocycles. The zero-order valence-corrected chi connectivity index (χ0v) is 11.2. The summed E-state index contributed by atoms with van der Waals surface area (Å²) in [6, 6.07) is 10.4. The van der Waals surface area contributed by atoms with Gasteiger partial charge in [-0.1, -0.05) is 42.5 Å². The van der Waals surface area contributed by atoms with Crippen molar-refractivity contribution in [3.63, 3.8) is 0 Å². The summed E-state index contributed by atoms with van der Waals surface area (Å²) < 4.78 is 0. The van der Waals surface area contributed by atoms with Crippen LogP contribution in [0.1, 0.15) is 19.4 Å². The molecule has 2 nitrogen and oxygen atoms in total. The Morgan fingerprint density at radius 1 is 1.35 bits per heavy atom. The second kappa shape index (κ2) is 7.96. The van der Waals surface area contributed by atoms with Gasteiger partial charge in [0.15, 0.2) is 0 Å². The summed E-state index contributed by atoms with van der Waals surface area (Å²) in [4.78, 5) is 11.3. The van der Waals surface area contributed by atoms with Crippen molar-refractivity contribution < 1.29 is 4.79 Å². The van der Waals surface area contributed by atoms with E-state index in [1.54, 1.807) is 11.8 Å². The Balaban J connectivity index is 2.16. The highest BCUT2D eigenvalue weighted by atomic mass is 32.2. The van der Waals surface area contributed by atoms with Gasteiger partial charge in [0, 0.05) is 11.8 Å². The number of amides is 1. The highest BCUT2D eigenvalue weighted by Gasteiger charge is 2.01. The SMILES string of the molecule is CC(C)NC(=O)CSC/C=C\c1ccccc1. The second-order valence-electron chi connectivity index (χ2n) is 4.05. The standard InChI is InChI=1S/C14H19NOS/c1-12(2)15-14(16)11-17-10-6-9-13-7-4-3-5-8-13/h3-9,12H,10-11H2,1-2H3,(H,15,16)/b9-6-. The number of hydrogen-bond donors (Lipinski definition) is 1. The summed E-state index contributed by atoms with van der Waals surface area (Å²) in [6.45, 7) is 3.94. The Morgan fingerprint density at radius 2 is 2.06 bits per heavy atom. The Kier molecular flexibility index (Phi) is 6.48. The van der Waals surface area contributed by atoms with Gasteiger partial charge in [0.25, 0.3) is 0 Å². The van der Waals surface area contributed by atoms with Gasteiger partial charge >= 0.3 is 0 Å². The number of rotatable bonds is 6. The Labute approximate surface area is 107 Å². The molecular formula is C14H19NOS. The van der Waals surface area contributed by atoms with Crippen LogP contribution in [0.5, 0.6) is 0 Å². The van der Waals surface area contributed by atoms with Crippen LogP contribution in [0.3, 0.4) is 0 Å². The van der Waals surface area contributed by atoms with Crippen LogP contribution in [0.2, 0.25) is 0 Å². The quantitative estimate of drug-likeness (QED) is 0.785. The third kappa shape index (κ3) is 6.84. The highest BCUT2D eigenvalue weighted by molar-refractivity contribution is 8.00. The number of thioether (sulfide) groups is 1. The van der Waals surface area contributed by atoms with Gasteiger partial charge in [0.1, 0.15) is 0 Å². The van der Waals surface area contributed by atoms with Crippen LogP contribution >= 0.6 is 11.8 Å². The lowest BCUT2D eigenvalue weighted by molar-refractivity contribution is -0.119. The van der Waals surface area contributed by atoms with Crippen LogP contribution in [-0.2, 0) is 4.79 Å². The van der Waals surface area contributed by atoms with Crippen LogP contribution < -0.4 is 5.32 Å². The molecule has 92 valence electrons. The van der Waals surface area contributed by atoms with E-state index in [9.17, 15) is 4.79 Å². The van der Waals surface area contributed by atoms with Crippen molar-refractivity contribution >= 4 is 23.7 Å². The molecule has 17 heavy (non-hydrogen) atoms. The first-order chi connectivity index (χ1) is 8.18. The number of nitrogens with one attached hydrogen (secondary N) is 1. The van der Waals surface area contributed by atoms with Gasteiger partial charge < -0.3 is 5.32 Å². The molecule has 0 bridgehead atoms. The first-order valence-electron chi connectivity index (χ1n) is 5.77. The van der Waals surface area contributed by atoms with Crippen LogP contribution in [-0.4, -0.2) is 23.5 Å². The Bertz CT molecular complexity index is 360. The monoisotopic (exact) mass is 249 g/mol. The minimum atomic E-state index is 0.109. The average molecular weight is 249 g/mol. The molecular weight excluding hydrogens is 230 g/mol. The van der Waals surface area contributed by atoms with E-state index in [4.69, 9.17) is 0 Å². The van der Waals surface area contributed by atoms with Gasteiger partial charge in [0.05, 0.1) is 5.75 Å². The van der Waals surface area contributed by atoms with Gasteiger partial charge in [-0.3, -0.25) is 4.79 Å². The molecule has 1 aromatic rings. The predicted octanol–water partition coefficient (Wildman–Crippen LogP) is 2.96. The predicted molar refractivity (Wildman–Crippen MR) is 76.1 cm³/mol. The fraction of sp³-hybridized carbons (Fsp3) is 0.357. The summed E-state index contributed by atoms with van der Waals surface area (Å²) in [5.74, 6) is 1.50. The summed E-state index contributed by atoms with van der Waals surface area (Å²) in [5.41, 5.74) is 1.19. The summed E-state index contributed by atoms with van der Waals surface area (Å²) >= 11 is 1.62. The minimum Gasteiger partial charge on any atom is -0.353 e. The number of hydrogen-bond acceptors (Lipinski definition) is 2. The minimum absolute atomic E-state index is 0.109. The fourth-order valence-corrected chi connectivity index (χ4v) is 1.95. The van der Waals surface area contributed by atoms with Gasteiger partial charge in [0.2, 0.25) is 5.91 Å². The summed E-state index contributed by atoms with van der Waals surface area (Å²) in [7, 11) is 0. The molecule has 1 aromatic carbocycles. The fourth-order valence-electron chi connectivity index (χ4n) is 1.33. The van der Waals surface area contributed by atoms with E-state index in [0.717, 1.165) is 5.75 Å². The van der Waals surface area contributed by atoms with Crippen molar-refractivity contribution in [3.8, 4) is 0 Å². The summed E-state index contributed by atoms with van der Waals surface area (Å²) in [5, 5.41) is 2.87. The van der Waals surface area contributed by atoms with Crippen LogP contribution in [0.4, 0.5) is 0 Å². The van der Waals surface area contributed by atoms with E-state index in [0.29, 0.717) is 5.75 Å². The van der Waals surface area contributed by atoms with Crippen molar-refractivity contribution in [3.05, 3.63) is 42.0 Å². The molecule has 0 aromatic heterocycles. The smallest absolute Gasteiger partial charge is 0.230 e. The molecule has 3 heteroatoms. The van der Waals surface area contributed by atoms with Gasteiger partial charge in [-0.2, -0.15) is 0 Å². The van der Waals surface area contributed by atoms with Crippen molar-refractivity contribution in [1.82, 2.24) is 5.32 Å². The van der Waals surface area contributed by atoms with E-state index < -0.39 is 0 Å². The van der Waals surface area contributed by atoms with E-state index >= 15 is 0 Å². The molecule has 1 amide bonds. The van der Waals surface area contributed by atoms with Gasteiger partial charge in [-0.25, -0.2) is 0 Å². The number of benzene rings is 1. The molecule has 0 fully saturated rings. The zero-order valence-electron chi connectivity index (χ0n) is 10.3. The van der Waals surface area contributed by atoms with E-state index in [1.807, 2.05) is 32.0 Å². The van der Waals surface area contributed by atoms with E-state index in [1.165, 1.54) is 5.56 Å². The molecule has 0 heterocycles. The topological polar surface area (TPSA) is 29.1 Å². The molecule has 1 N–H and O–H groups in total. The van der Waals surface area contributed by atoms with Gasteiger partial charge in [-0.05, 0) is 19.4 Å². The third-order valence-corrected chi connectivity index (χ3v) is 2.90. The molecule has 0 saturated heterocycles. The summed E-state index contributed by atoms with van der Waals surface area (Å²) in [6.07, 6.45) is 4.16. The largest absolute Gasteiger partial charge is 0.353 e. The molecule has 0 spiro atoms. The molecule has 0 aliphatic rings. The van der Waals surface area contributed by atoms with E-state index in [2.05, 4.69) is 29.6 Å². The number of carbonyl (C=O) groups excluding carboxylic acids is 1. The van der Waals surface area contributed by atoms with Crippen molar-refractivity contribution in [1.29, 1.82) is 0 Å². The first kappa shape index (κ1) is 13.8. The normalized spacial score (nSPS) is 11.0. The third-order valence-electron chi connectivity index (χ3n) is 2.01. The maximum atomic E-state index is 11.3. The molecule has 0 unspecified atom stereocenters. The lowest BCUT2D eigenvalue weighted by Crippen LogP contribution is -2.31. The molecule has 0 atom stereocenters. The highest BCUT2D eigenvalue weighted by Crippen LogP contribution is 2.04. The Morgan fingerprint density at radius 3 is 2.71 bits per heavy atom. The van der Waals surface area contributed by atoms with E-state index in [-0.39, 0.29) is 11.9 Å². The first-order valence-corrected chi connectivity index (χ1v) is 6.92. The molecule has 0 aliphatic carbocycles. The maximum absolute atomic E-state index is 11.3. The molecule has 0 aliphatic heterocycles.